The van der Waals surface area contributed by atoms with Gasteiger partial charge in [-0.1, -0.05) is 48.5 Å². The van der Waals surface area contributed by atoms with Crippen molar-refractivity contribution in [1.29, 1.82) is 0 Å². The zero-order valence-electron chi connectivity index (χ0n) is 16.3. The molecule has 0 aromatic heterocycles. The van der Waals surface area contributed by atoms with Gasteiger partial charge in [-0.3, -0.25) is 4.31 Å². The van der Waals surface area contributed by atoms with E-state index < -0.39 is 22.0 Å². The Labute approximate surface area is 170 Å². The molecule has 29 heavy (non-hydrogen) atoms. The number of hydrogen-bond donors (Lipinski definition) is 0. The minimum atomic E-state index is -3.75. The van der Waals surface area contributed by atoms with Crippen LogP contribution >= 0.6 is 0 Å². The number of esters is 1. The first-order valence-corrected chi connectivity index (χ1v) is 11.4. The van der Waals surface area contributed by atoms with Crippen LogP contribution in [-0.4, -0.2) is 38.2 Å². The number of ether oxygens (including phenoxy) is 2. The molecule has 2 aliphatic heterocycles. The molecular weight excluding hydrogens is 390 g/mol. The molecule has 0 bridgehead atoms. The van der Waals surface area contributed by atoms with Crippen LogP contribution in [0.1, 0.15) is 30.0 Å². The largest absolute Gasteiger partial charge is 0.493 e. The molecule has 0 unspecified atom stereocenters. The van der Waals surface area contributed by atoms with Gasteiger partial charge < -0.3 is 9.47 Å². The lowest BCUT2D eigenvalue weighted by molar-refractivity contribution is -0.140. The summed E-state index contributed by atoms with van der Waals surface area (Å²) in [5, 5.41) is 0. The van der Waals surface area contributed by atoms with Crippen LogP contribution in [0.5, 0.6) is 5.75 Å². The van der Waals surface area contributed by atoms with Crippen LogP contribution in [0.2, 0.25) is 0 Å². The zero-order valence-corrected chi connectivity index (χ0v) is 17.1. The van der Waals surface area contributed by atoms with Crippen LogP contribution in [0.3, 0.4) is 0 Å². The van der Waals surface area contributed by atoms with E-state index in [0.717, 1.165) is 23.1 Å². The number of hydrogen-bond acceptors (Lipinski definition) is 5. The highest BCUT2D eigenvalue weighted by Gasteiger charge is 2.48. The fourth-order valence-corrected chi connectivity index (χ4v) is 5.44. The molecule has 0 aliphatic carbocycles. The van der Waals surface area contributed by atoms with Gasteiger partial charge in [-0.2, -0.15) is 0 Å². The minimum Gasteiger partial charge on any atom is -0.493 e. The van der Waals surface area contributed by atoms with Crippen LogP contribution in [0, 0.1) is 5.92 Å². The topological polar surface area (TPSA) is 72.9 Å². The summed E-state index contributed by atoms with van der Waals surface area (Å²) in [6.45, 7) is 2.21. The maximum Gasteiger partial charge on any atom is 0.355 e. The second-order valence-electron chi connectivity index (χ2n) is 7.23. The first-order chi connectivity index (χ1) is 13.9. The summed E-state index contributed by atoms with van der Waals surface area (Å²) in [7, 11) is -3.75. The van der Waals surface area contributed by atoms with Gasteiger partial charge in [-0.25, -0.2) is 13.2 Å². The second kappa shape index (κ2) is 7.55. The molecule has 0 spiro atoms. The number of fused-ring (bicyclic) bond motifs is 3. The molecular formula is C22H23NO5S. The van der Waals surface area contributed by atoms with E-state index in [9.17, 15) is 13.2 Å². The van der Waals surface area contributed by atoms with E-state index in [1.54, 1.807) is 13.0 Å². The van der Waals surface area contributed by atoms with Gasteiger partial charge in [-0.05, 0) is 24.6 Å². The first-order valence-electron chi connectivity index (χ1n) is 9.57. The predicted octanol–water partition coefficient (Wildman–Crippen LogP) is 3.24. The third kappa shape index (κ3) is 3.51. The van der Waals surface area contributed by atoms with Crippen molar-refractivity contribution in [1.82, 2.24) is 4.31 Å². The van der Waals surface area contributed by atoms with Crippen molar-refractivity contribution in [3.05, 3.63) is 77.5 Å². The van der Waals surface area contributed by atoms with Crippen LogP contribution in [0.15, 0.2) is 66.4 Å². The van der Waals surface area contributed by atoms with Crippen molar-refractivity contribution < 1.29 is 22.7 Å². The Morgan fingerprint density at radius 2 is 1.83 bits per heavy atom. The molecule has 7 heteroatoms. The van der Waals surface area contributed by atoms with Crippen LogP contribution < -0.4 is 4.74 Å². The number of allylic oxidation sites excluding steroid dienone is 1. The summed E-state index contributed by atoms with van der Waals surface area (Å²) in [6, 6.07) is 16.5. The van der Waals surface area contributed by atoms with E-state index in [1.165, 1.54) is 4.31 Å². The van der Waals surface area contributed by atoms with Gasteiger partial charge in [0.1, 0.15) is 11.4 Å². The molecule has 0 radical (unpaired) electrons. The quantitative estimate of drug-likeness (QED) is 0.720. The number of rotatable bonds is 4. The Bertz CT molecular complexity index is 1050. The highest BCUT2D eigenvalue weighted by atomic mass is 32.2. The van der Waals surface area contributed by atoms with E-state index in [0.29, 0.717) is 6.61 Å². The monoisotopic (exact) mass is 413 g/mol. The lowest BCUT2D eigenvalue weighted by Crippen LogP contribution is -2.47. The van der Waals surface area contributed by atoms with Crippen molar-refractivity contribution in [2.24, 2.45) is 5.92 Å². The molecule has 0 N–H and O–H groups in total. The molecule has 2 heterocycles. The Hall–Kier alpha value is -2.80. The van der Waals surface area contributed by atoms with E-state index >= 15 is 0 Å². The highest BCUT2D eigenvalue weighted by Crippen LogP contribution is 2.50. The summed E-state index contributed by atoms with van der Waals surface area (Å²) >= 11 is 0. The lowest BCUT2D eigenvalue weighted by atomic mass is 9.75. The third-order valence-corrected chi connectivity index (χ3v) is 6.53. The van der Waals surface area contributed by atoms with Gasteiger partial charge in [0.2, 0.25) is 10.0 Å². The lowest BCUT2D eigenvalue weighted by Gasteiger charge is -2.46. The highest BCUT2D eigenvalue weighted by molar-refractivity contribution is 7.88. The van der Waals surface area contributed by atoms with Gasteiger partial charge >= 0.3 is 5.97 Å². The number of carbonyl (C=O) groups excluding carboxylic acids is 1. The molecule has 2 aliphatic rings. The number of para-hydroxylation sites is 1. The minimum absolute atomic E-state index is 0.0566. The van der Waals surface area contributed by atoms with E-state index in [1.807, 2.05) is 54.6 Å². The van der Waals surface area contributed by atoms with Gasteiger partial charge in [0.15, 0.2) is 0 Å². The molecule has 2 aromatic carbocycles. The number of nitrogens with zero attached hydrogens (tertiary/aromatic N) is 1. The second-order valence-corrected chi connectivity index (χ2v) is 9.08. The average molecular weight is 413 g/mol. The Morgan fingerprint density at radius 3 is 2.52 bits per heavy atom. The maximum absolute atomic E-state index is 12.8. The standard InChI is InChI=1S/C22H23NO5S/c1-3-27-22(24)19-13-17-16-11-7-8-12-20(16)28-14-18(17)21(23(19)29(2,25)26)15-9-5-4-6-10-15/h4-13,17-18,21H,3,14H2,1-2H3/t17-,18+,21-/m1/s1. The molecule has 3 atom stereocenters. The molecule has 2 aromatic rings. The predicted molar refractivity (Wildman–Crippen MR) is 109 cm³/mol. The van der Waals surface area contributed by atoms with Crippen molar-refractivity contribution in [2.45, 2.75) is 18.9 Å². The number of benzene rings is 2. The van der Waals surface area contributed by atoms with Gasteiger partial charge in [-0.15, -0.1) is 0 Å². The van der Waals surface area contributed by atoms with Crippen molar-refractivity contribution >= 4 is 16.0 Å². The fourth-order valence-electron chi connectivity index (χ4n) is 4.26. The van der Waals surface area contributed by atoms with Gasteiger partial charge in [0, 0.05) is 17.4 Å². The zero-order chi connectivity index (χ0) is 20.6. The summed E-state index contributed by atoms with van der Waals surface area (Å²) < 4.78 is 38.1. The maximum atomic E-state index is 12.8. The first kappa shape index (κ1) is 19.5. The molecule has 6 nitrogen and oxygen atoms in total. The molecule has 152 valence electrons. The molecule has 0 saturated carbocycles. The smallest absolute Gasteiger partial charge is 0.355 e. The Kier molecular flexibility index (Phi) is 5.08. The normalized spacial score (nSPS) is 23.3. The Balaban J connectivity index is 1.95. The van der Waals surface area contributed by atoms with Crippen molar-refractivity contribution in [3.8, 4) is 5.75 Å². The third-order valence-electron chi connectivity index (χ3n) is 5.39. The van der Waals surface area contributed by atoms with E-state index in [2.05, 4.69) is 0 Å². The van der Waals surface area contributed by atoms with Crippen LogP contribution in [0.4, 0.5) is 0 Å². The van der Waals surface area contributed by atoms with E-state index in [4.69, 9.17) is 9.47 Å². The molecule has 0 saturated heterocycles. The van der Waals surface area contributed by atoms with Gasteiger partial charge in [0.25, 0.3) is 0 Å². The SMILES string of the molecule is CCOC(=O)C1=C[C@@H]2c3ccccc3OC[C@@H]2[C@@H](c2ccccc2)N1S(C)(=O)=O. The number of carbonyl (C=O) groups is 1. The summed E-state index contributed by atoms with van der Waals surface area (Å²) in [6.07, 6.45) is 2.85. The Morgan fingerprint density at radius 1 is 1.14 bits per heavy atom. The number of sulfonamides is 1. The summed E-state index contributed by atoms with van der Waals surface area (Å²) in [5.74, 6) is -0.225. The average Bonchev–Trinajstić information content (AvgIpc) is 2.72. The van der Waals surface area contributed by atoms with E-state index in [-0.39, 0.29) is 24.1 Å². The van der Waals surface area contributed by atoms with Gasteiger partial charge in [0.05, 0.1) is 25.5 Å². The van der Waals surface area contributed by atoms with Crippen molar-refractivity contribution in [3.63, 3.8) is 0 Å². The molecule has 0 amide bonds. The fraction of sp³-hybridized carbons (Fsp3) is 0.318. The van der Waals surface area contributed by atoms with Crippen LogP contribution in [-0.2, 0) is 19.6 Å². The summed E-state index contributed by atoms with van der Waals surface area (Å²) in [4.78, 5) is 12.8. The van der Waals surface area contributed by atoms with Crippen LogP contribution in [0.25, 0.3) is 0 Å². The molecule has 4 rings (SSSR count). The molecule has 0 fully saturated rings. The summed E-state index contributed by atoms with van der Waals surface area (Å²) in [5.41, 5.74) is 1.81. The van der Waals surface area contributed by atoms with Crippen molar-refractivity contribution in [2.75, 3.05) is 19.5 Å².